The number of aryl methyl sites for hydroxylation is 2. The fraction of sp³-hybridized carbons (Fsp3) is 0.250. The highest BCUT2D eigenvalue weighted by atomic mass is 32.1. The van der Waals surface area contributed by atoms with Gasteiger partial charge in [0, 0.05) is 15.8 Å². The molecule has 3 aromatic heterocycles. The molecule has 3 heterocycles. The lowest BCUT2D eigenvalue weighted by Gasteiger charge is -1.98. The van der Waals surface area contributed by atoms with Gasteiger partial charge in [-0.15, -0.1) is 11.3 Å². The quantitative estimate of drug-likeness (QED) is 0.783. The summed E-state index contributed by atoms with van der Waals surface area (Å²) < 4.78 is 4.03. The first-order chi connectivity index (χ1) is 8.70. The summed E-state index contributed by atoms with van der Waals surface area (Å²) in [6.45, 7) is 4.10. The highest BCUT2D eigenvalue weighted by Crippen LogP contribution is 2.28. The van der Waals surface area contributed by atoms with E-state index >= 15 is 0 Å². The highest BCUT2D eigenvalue weighted by molar-refractivity contribution is 7.18. The molecule has 0 radical (unpaired) electrons. The van der Waals surface area contributed by atoms with Gasteiger partial charge in [0.1, 0.15) is 10.7 Å². The molecule has 0 amide bonds. The molecule has 0 saturated heterocycles. The monoisotopic (exact) mass is 277 g/mol. The third-order valence-electron chi connectivity index (χ3n) is 2.92. The van der Waals surface area contributed by atoms with Crippen LogP contribution in [-0.2, 0) is 6.42 Å². The zero-order valence-corrected chi connectivity index (χ0v) is 11.6. The molecule has 3 aromatic rings. The van der Waals surface area contributed by atoms with Gasteiger partial charge in [-0.1, -0.05) is 6.92 Å². The van der Waals surface area contributed by atoms with E-state index < -0.39 is 0 Å². The fourth-order valence-corrected chi connectivity index (χ4v) is 3.70. The van der Waals surface area contributed by atoms with Gasteiger partial charge in [-0.05, 0) is 30.4 Å². The molecule has 0 aromatic carbocycles. The number of aromatic amines is 1. The van der Waals surface area contributed by atoms with E-state index in [0.29, 0.717) is 5.82 Å². The zero-order valence-electron chi connectivity index (χ0n) is 9.98. The van der Waals surface area contributed by atoms with Crippen molar-refractivity contribution >= 4 is 33.1 Å². The number of rotatable bonds is 2. The van der Waals surface area contributed by atoms with E-state index in [1.54, 1.807) is 17.5 Å². The summed E-state index contributed by atoms with van der Waals surface area (Å²) in [6, 6.07) is 0. The molecule has 6 heteroatoms. The topological polar surface area (TPSA) is 58.6 Å². The van der Waals surface area contributed by atoms with E-state index in [9.17, 15) is 4.79 Å². The van der Waals surface area contributed by atoms with Gasteiger partial charge < -0.3 is 4.98 Å². The molecule has 0 saturated carbocycles. The summed E-state index contributed by atoms with van der Waals surface area (Å²) in [7, 11) is 0. The molecule has 0 aliphatic rings. The van der Waals surface area contributed by atoms with Crippen LogP contribution >= 0.6 is 22.9 Å². The maximum Gasteiger partial charge on any atom is 0.260 e. The maximum atomic E-state index is 12.2. The Bertz CT molecular complexity index is 756. The zero-order chi connectivity index (χ0) is 12.7. The van der Waals surface area contributed by atoms with E-state index in [-0.39, 0.29) is 5.56 Å². The van der Waals surface area contributed by atoms with Crippen molar-refractivity contribution in [2.75, 3.05) is 0 Å². The summed E-state index contributed by atoms with van der Waals surface area (Å²) in [4.78, 5) is 21.6. The molecule has 0 unspecified atom stereocenters. The van der Waals surface area contributed by atoms with Crippen molar-refractivity contribution in [3.8, 4) is 11.4 Å². The number of nitrogens with one attached hydrogen (secondary N) is 1. The van der Waals surface area contributed by atoms with Crippen molar-refractivity contribution in [2.45, 2.75) is 20.3 Å². The predicted octanol–water partition coefficient (Wildman–Crippen LogP) is 2.98. The SMILES string of the molecule is CCc1c(C)sc2nc(-c3cnsc3)[nH]c(=O)c12. The van der Waals surface area contributed by atoms with Crippen molar-refractivity contribution in [3.63, 3.8) is 0 Å². The first-order valence-electron chi connectivity index (χ1n) is 5.62. The van der Waals surface area contributed by atoms with Gasteiger partial charge in [0.15, 0.2) is 0 Å². The molecule has 0 fully saturated rings. The number of thiophene rings is 1. The Hall–Kier alpha value is -1.53. The second kappa shape index (κ2) is 4.29. The Labute approximate surface area is 112 Å². The number of hydrogen-bond acceptors (Lipinski definition) is 5. The van der Waals surface area contributed by atoms with E-state index in [2.05, 4.69) is 21.3 Å². The Kier molecular flexibility index (Phi) is 2.76. The summed E-state index contributed by atoms with van der Waals surface area (Å²) in [5, 5.41) is 2.62. The van der Waals surface area contributed by atoms with Crippen LogP contribution in [0.15, 0.2) is 16.4 Å². The van der Waals surface area contributed by atoms with Crippen molar-refractivity contribution in [2.24, 2.45) is 0 Å². The van der Waals surface area contributed by atoms with E-state index in [4.69, 9.17) is 0 Å². The molecule has 92 valence electrons. The smallest absolute Gasteiger partial charge is 0.260 e. The second-order valence-corrected chi connectivity index (χ2v) is 5.86. The van der Waals surface area contributed by atoms with Gasteiger partial charge in [0.25, 0.3) is 5.56 Å². The minimum Gasteiger partial charge on any atom is -0.306 e. The fourth-order valence-electron chi connectivity index (χ4n) is 2.06. The van der Waals surface area contributed by atoms with Gasteiger partial charge in [0.05, 0.1) is 11.6 Å². The van der Waals surface area contributed by atoms with Crippen molar-refractivity contribution in [3.05, 3.63) is 32.4 Å². The Morgan fingerprint density at radius 1 is 1.44 bits per heavy atom. The highest BCUT2D eigenvalue weighted by Gasteiger charge is 2.14. The number of aromatic nitrogens is 3. The van der Waals surface area contributed by atoms with Crippen LogP contribution in [0.25, 0.3) is 21.6 Å². The molecule has 18 heavy (non-hydrogen) atoms. The van der Waals surface area contributed by atoms with Gasteiger partial charge in [-0.2, -0.15) is 0 Å². The normalized spacial score (nSPS) is 11.2. The summed E-state index contributed by atoms with van der Waals surface area (Å²) in [6.07, 6.45) is 2.58. The number of H-pyrrole nitrogens is 1. The van der Waals surface area contributed by atoms with Gasteiger partial charge >= 0.3 is 0 Å². The predicted molar refractivity (Wildman–Crippen MR) is 75.5 cm³/mol. The summed E-state index contributed by atoms with van der Waals surface area (Å²) >= 11 is 2.93. The number of nitrogens with zero attached hydrogens (tertiary/aromatic N) is 2. The number of hydrogen-bond donors (Lipinski definition) is 1. The lowest BCUT2D eigenvalue weighted by molar-refractivity contribution is 1.13. The van der Waals surface area contributed by atoms with Crippen molar-refractivity contribution < 1.29 is 0 Å². The van der Waals surface area contributed by atoms with Crippen LogP contribution in [0.2, 0.25) is 0 Å². The van der Waals surface area contributed by atoms with Crippen LogP contribution in [0.1, 0.15) is 17.4 Å². The lowest BCUT2D eigenvalue weighted by Crippen LogP contribution is -2.09. The van der Waals surface area contributed by atoms with Crippen LogP contribution < -0.4 is 5.56 Å². The average Bonchev–Trinajstić information content (AvgIpc) is 2.95. The van der Waals surface area contributed by atoms with Crippen molar-refractivity contribution in [1.29, 1.82) is 0 Å². The molecular formula is C12H11N3OS2. The molecule has 4 nitrogen and oxygen atoms in total. The van der Waals surface area contributed by atoms with Gasteiger partial charge in [-0.25, -0.2) is 9.36 Å². The van der Waals surface area contributed by atoms with E-state index in [1.807, 2.05) is 12.3 Å². The molecule has 0 spiro atoms. The second-order valence-electron chi connectivity index (χ2n) is 4.00. The maximum absolute atomic E-state index is 12.2. The van der Waals surface area contributed by atoms with Crippen LogP contribution in [-0.4, -0.2) is 14.3 Å². The summed E-state index contributed by atoms with van der Waals surface area (Å²) in [5.74, 6) is 0.602. The van der Waals surface area contributed by atoms with E-state index in [0.717, 1.165) is 27.8 Å². The molecular weight excluding hydrogens is 266 g/mol. The first kappa shape index (κ1) is 11.6. The van der Waals surface area contributed by atoms with Crippen LogP contribution in [0.5, 0.6) is 0 Å². The minimum atomic E-state index is -0.0533. The van der Waals surface area contributed by atoms with Gasteiger partial charge in [0.2, 0.25) is 0 Å². The Balaban J connectivity index is 2.33. The minimum absolute atomic E-state index is 0.0533. The molecule has 1 N–H and O–H groups in total. The first-order valence-corrected chi connectivity index (χ1v) is 7.28. The largest absolute Gasteiger partial charge is 0.306 e. The molecule has 3 rings (SSSR count). The van der Waals surface area contributed by atoms with Crippen molar-refractivity contribution in [1.82, 2.24) is 14.3 Å². The molecule has 0 atom stereocenters. The van der Waals surface area contributed by atoms with Crippen LogP contribution in [0, 0.1) is 6.92 Å². The lowest BCUT2D eigenvalue weighted by atomic mass is 10.1. The molecule has 0 aliphatic heterocycles. The van der Waals surface area contributed by atoms with Crippen LogP contribution in [0.3, 0.4) is 0 Å². The van der Waals surface area contributed by atoms with Gasteiger partial charge in [-0.3, -0.25) is 4.79 Å². The third-order valence-corrected chi connectivity index (χ3v) is 4.55. The van der Waals surface area contributed by atoms with Crippen LogP contribution in [0.4, 0.5) is 0 Å². The Morgan fingerprint density at radius 3 is 2.94 bits per heavy atom. The third kappa shape index (κ3) is 1.69. The standard InChI is InChI=1S/C12H11N3OS2/c1-3-8-6(2)18-12-9(8)11(16)14-10(15-12)7-4-13-17-5-7/h4-5H,3H2,1-2H3,(H,14,15,16). The summed E-state index contributed by atoms with van der Waals surface area (Å²) in [5.41, 5.74) is 1.92. The number of fused-ring (bicyclic) bond motifs is 1. The molecule has 0 bridgehead atoms. The Morgan fingerprint density at radius 2 is 2.28 bits per heavy atom. The molecule has 0 aliphatic carbocycles. The van der Waals surface area contributed by atoms with E-state index in [1.165, 1.54) is 16.4 Å². The average molecular weight is 277 g/mol.